The van der Waals surface area contributed by atoms with Gasteiger partial charge in [-0.25, -0.2) is 14.3 Å². The number of ketones is 1. The van der Waals surface area contributed by atoms with Crippen molar-refractivity contribution < 1.29 is 14.3 Å². The molecule has 1 aliphatic rings. The summed E-state index contributed by atoms with van der Waals surface area (Å²) >= 11 is 0. The monoisotopic (exact) mass is 367 g/mol. The van der Waals surface area contributed by atoms with Gasteiger partial charge in [0.15, 0.2) is 6.61 Å². The predicted octanol–water partition coefficient (Wildman–Crippen LogP) is 2.53. The maximum atomic E-state index is 12.5. The zero-order valence-corrected chi connectivity index (χ0v) is 15.8. The Bertz CT molecular complexity index is 1070. The fraction of sp³-hybridized carbons (Fsp3) is 0.421. The minimum atomic E-state index is -0.734. The van der Waals surface area contributed by atoms with Gasteiger partial charge in [-0.15, -0.1) is 5.10 Å². The molecule has 4 rings (SSSR count). The maximum absolute atomic E-state index is 12.5. The second kappa shape index (κ2) is 6.29. The molecule has 0 atom stereocenters. The number of rotatable bonds is 5. The summed E-state index contributed by atoms with van der Waals surface area (Å²) in [5, 5.41) is 4.12. The van der Waals surface area contributed by atoms with Gasteiger partial charge in [0.05, 0.1) is 0 Å². The smallest absolute Gasteiger partial charge is 0.378 e. The number of hydrogen-bond acceptors (Lipinski definition) is 6. The van der Waals surface area contributed by atoms with Crippen LogP contribution < -0.4 is 0 Å². The molecular formula is C19H21N5O3. The number of aryl methyl sites for hydroxylation is 3. The van der Waals surface area contributed by atoms with Crippen molar-refractivity contribution in [2.24, 2.45) is 0 Å². The molecule has 8 nitrogen and oxygen atoms in total. The first-order chi connectivity index (χ1) is 12.8. The molecule has 8 heteroatoms. The van der Waals surface area contributed by atoms with Gasteiger partial charge < -0.3 is 9.30 Å². The van der Waals surface area contributed by atoms with E-state index in [0.717, 1.165) is 35.6 Å². The van der Waals surface area contributed by atoms with Crippen LogP contribution >= 0.6 is 0 Å². The number of aromatic nitrogens is 5. The first-order valence-electron chi connectivity index (χ1n) is 8.95. The molecule has 140 valence electrons. The number of fused-ring (bicyclic) bond motifs is 1. The van der Waals surface area contributed by atoms with E-state index in [4.69, 9.17) is 4.74 Å². The molecule has 0 spiro atoms. The summed E-state index contributed by atoms with van der Waals surface area (Å²) in [7, 11) is 0. The minimum Gasteiger partial charge on any atom is -0.451 e. The topological polar surface area (TPSA) is 91.4 Å². The summed E-state index contributed by atoms with van der Waals surface area (Å²) in [5.74, 6) is -0.731. The summed E-state index contributed by atoms with van der Waals surface area (Å²) in [6.07, 6.45) is 2.29. The normalized spacial score (nSPS) is 13.9. The van der Waals surface area contributed by atoms with E-state index in [0.29, 0.717) is 17.4 Å². The number of esters is 1. The molecule has 0 bridgehead atoms. The van der Waals surface area contributed by atoms with Crippen molar-refractivity contribution in [3.63, 3.8) is 0 Å². The van der Waals surface area contributed by atoms with Crippen LogP contribution in [0, 0.1) is 27.7 Å². The number of nitrogens with zero attached hydrogens (tertiary/aromatic N) is 5. The van der Waals surface area contributed by atoms with Gasteiger partial charge >= 0.3 is 5.97 Å². The first kappa shape index (κ1) is 17.4. The van der Waals surface area contributed by atoms with Gasteiger partial charge in [0, 0.05) is 34.4 Å². The molecule has 27 heavy (non-hydrogen) atoms. The van der Waals surface area contributed by atoms with Crippen LogP contribution in [0.5, 0.6) is 0 Å². The Morgan fingerprint density at radius 2 is 1.85 bits per heavy atom. The highest BCUT2D eigenvalue weighted by molar-refractivity contribution is 6.00. The van der Waals surface area contributed by atoms with Gasteiger partial charge in [-0.3, -0.25) is 4.79 Å². The van der Waals surface area contributed by atoms with Crippen LogP contribution in [0.15, 0.2) is 12.1 Å². The molecule has 0 N–H and O–H groups in total. The Morgan fingerprint density at radius 1 is 1.11 bits per heavy atom. The Balaban J connectivity index is 1.49. The van der Waals surface area contributed by atoms with Gasteiger partial charge in [-0.05, 0) is 52.7 Å². The molecule has 3 heterocycles. The lowest BCUT2D eigenvalue weighted by atomic mass is 10.1. The Morgan fingerprint density at radius 3 is 2.56 bits per heavy atom. The number of carbonyl (C=O) groups is 2. The largest absolute Gasteiger partial charge is 0.451 e. The highest BCUT2D eigenvalue weighted by Crippen LogP contribution is 2.38. The van der Waals surface area contributed by atoms with Gasteiger partial charge in [0.1, 0.15) is 0 Å². The average molecular weight is 367 g/mol. The van der Waals surface area contributed by atoms with Crippen LogP contribution in [0.1, 0.15) is 62.6 Å². The van der Waals surface area contributed by atoms with E-state index in [1.807, 2.05) is 39.8 Å². The summed E-state index contributed by atoms with van der Waals surface area (Å²) in [4.78, 5) is 33.2. The second-order valence-corrected chi connectivity index (χ2v) is 7.07. The zero-order valence-electron chi connectivity index (χ0n) is 15.8. The van der Waals surface area contributed by atoms with Gasteiger partial charge in [-0.1, -0.05) is 0 Å². The van der Waals surface area contributed by atoms with Crippen molar-refractivity contribution in [3.8, 4) is 0 Å². The van der Waals surface area contributed by atoms with E-state index < -0.39 is 5.97 Å². The Kier molecular flexibility index (Phi) is 4.05. The summed E-state index contributed by atoms with van der Waals surface area (Å²) < 4.78 is 8.83. The van der Waals surface area contributed by atoms with Crippen molar-refractivity contribution in [3.05, 3.63) is 46.3 Å². The third-order valence-corrected chi connectivity index (χ3v) is 4.83. The molecule has 0 amide bonds. The van der Waals surface area contributed by atoms with Crippen LogP contribution in [0.3, 0.4) is 0 Å². The van der Waals surface area contributed by atoms with E-state index in [9.17, 15) is 9.59 Å². The van der Waals surface area contributed by atoms with E-state index in [-0.39, 0.29) is 18.2 Å². The van der Waals surface area contributed by atoms with Crippen molar-refractivity contribution in [2.75, 3.05) is 6.61 Å². The van der Waals surface area contributed by atoms with Crippen LogP contribution in [0.25, 0.3) is 5.78 Å². The van der Waals surface area contributed by atoms with Gasteiger partial charge in [0.25, 0.3) is 11.6 Å². The molecule has 0 saturated heterocycles. The standard InChI is InChI=1S/C19H21N5O3/c1-10-7-12(3)24-19(20-10)21-17(22-24)18(26)27-9-16(25)15-8-11(2)23(13(15)4)14-5-6-14/h7-8,14H,5-6,9H2,1-4H3. The summed E-state index contributed by atoms with van der Waals surface area (Å²) in [6, 6.07) is 4.20. The molecule has 0 aromatic carbocycles. The SMILES string of the molecule is Cc1cc(C)n2nc(C(=O)OCC(=O)c3cc(C)n(C4CC4)c3C)nc2n1. The van der Waals surface area contributed by atoms with Crippen LogP contribution in [0.2, 0.25) is 0 Å². The van der Waals surface area contributed by atoms with Crippen molar-refractivity contribution in [1.82, 2.24) is 24.1 Å². The maximum Gasteiger partial charge on any atom is 0.378 e. The molecule has 3 aromatic rings. The average Bonchev–Trinajstić information content (AvgIpc) is 3.26. The lowest BCUT2D eigenvalue weighted by Gasteiger charge is -2.07. The minimum absolute atomic E-state index is 0.104. The van der Waals surface area contributed by atoms with Crippen LogP contribution in [-0.4, -0.2) is 42.5 Å². The lowest BCUT2D eigenvalue weighted by Crippen LogP contribution is -2.16. The molecule has 1 aliphatic carbocycles. The molecule has 1 saturated carbocycles. The molecule has 1 fully saturated rings. The Hall–Kier alpha value is -3.03. The number of carbonyl (C=O) groups excluding carboxylic acids is 2. The van der Waals surface area contributed by atoms with E-state index in [1.54, 1.807) is 0 Å². The number of hydrogen-bond donors (Lipinski definition) is 0. The van der Waals surface area contributed by atoms with Gasteiger partial charge in [-0.2, -0.15) is 4.98 Å². The quantitative estimate of drug-likeness (QED) is 0.508. The highest BCUT2D eigenvalue weighted by atomic mass is 16.5. The van der Waals surface area contributed by atoms with Crippen molar-refractivity contribution in [1.29, 1.82) is 0 Å². The van der Waals surface area contributed by atoms with Gasteiger partial charge in [0.2, 0.25) is 5.78 Å². The number of Topliss-reactive ketones (excluding diaryl/α,β-unsaturated/α-hetero) is 1. The highest BCUT2D eigenvalue weighted by Gasteiger charge is 2.28. The second-order valence-electron chi connectivity index (χ2n) is 7.07. The lowest BCUT2D eigenvalue weighted by molar-refractivity contribution is 0.0462. The molecule has 0 radical (unpaired) electrons. The fourth-order valence-corrected chi connectivity index (χ4v) is 3.48. The summed E-state index contributed by atoms with van der Waals surface area (Å²) in [5.41, 5.74) is 4.19. The third kappa shape index (κ3) is 3.11. The van der Waals surface area contributed by atoms with Crippen molar-refractivity contribution in [2.45, 2.75) is 46.6 Å². The summed E-state index contributed by atoms with van der Waals surface area (Å²) in [6.45, 7) is 7.28. The van der Waals surface area contributed by atoms with E-state index in [2.05, 4.69) is 19.6 Å². The molecule has 3 aromatic heterocycles. The molecular weight excluding hydrogens is 346 g/mol. The van der Waals surface area contributed by atoms with E-state index in [1.165, 1.54) is 4.52 Å². The zero-order chi connectivity index (χ0) is 19.3. The van der Waals surface area contributed by atoms with Crippen molar-refractivity contribution >= 4 is 17.5 Å². The first-order valence-corrected chi connectivity index (χ1v) is 8.95. The third-order valence-electron chi connectivity index (χ3n) is 4.83. The van der Waals surface area contributed by atoms with Crippen LogP contribution in [0.4, 0.5) is 0 Å². The Labute approximate surface area is 156 Å². The predicted molar refractivity (Wildman–Crippen MR) is 97.0 cm³/mol. The fourth-order valence-electron chi connectivity index (χ4n) is 3.48. The molecule has 0 unspecified atom stereocenters. The molecule has 0 aliphatic heterocycles. The number of ether oxygens (including phenoxy) is 1. The van der Waals surface area contributed by atoms with E-state index >= 15 is 0 Å². The van der Waals surface area contributed by atoms with Crippen LogP contribution in [-0.2, 0) is 4.74 Å².